The Labute approximate surface area is 110 Å². The first kappa shape index (κ1) is 14.1. The summed E-state index contributed by atoms with van der Waals surface area (Å²) in [5.41, 5.74) is 8.35. The highest BCUT2D eigenvalue weighted by Gasteiger charge is 2.22. The van der Waals surface area contributed by atoms with Crippen molar-refractivity contribution in [3.63, 3.8) is 0 Å². The van der Waals surface area contributed by atoms with Crippen LogP contribution in [0.1, 0.15) is 13.3 Å². The quantitative estimate of drug-likeness (QED) is 0.879. The smallest absolute Gasteiger partial charge is 0.0606 e. The molecule has 1 aliphatic rings. The summed E-state index contributed by atoms with van der Waals surface area (Å²) in [5, 5.41) is 0. The molecule has 0 fully saturated rings. The molecule has 0 saturated heterocycles. The van der Waals surface area contributed by atoms with Crippen molar-refractivity contribution < 1.29 is 0 Å². The molecule has 0 bridgehead atoms. The van der Waals surface area contributed by atoms with E-state index in [9.17, 15) is 0 Å². The summed E-state index contributed by atoms with van der Waals surface area (Å²) in [4.78, 5) is 4.77. The highest BCUT2D eigenvalue weighted by Crippen LogP contribution is 2.33. The average Bonchev–Trinajstić information content (AvgIpc) is 2.42. The largest absolute Gasteiger partial charge is 0.373 e. The lowest BCUT2D eigenvalue weighted by Crippen LogP contribution is -2.36. The maximum absolute atomic E-state index is 5.71. The summed E-state index contributed by atoms with van der Waals surface area (Å²) in [7, 11) is 2.16. The van der Waals surface area contributed by atoms with Gasteiger partial charge in [0.1, 0.15) is 0 Å². The third kappa shape index (κ3) is 2.85. The highest BCUT2D eigenvalue weighted by atomic mass is 35.5. The highest BCUT2D eigenvalue weighted by molar-refractivity contribution is 5.85. The topological polar surface area (TPSA) is 32.5 Å². The first-order chi connectivity index (χ1) is 7.74. The van der Waals surface area contributed by atoms with Crippen molar-refractivity contribution in [3.05, 3.63) is 24.3 Å². The summed E-state index contributed by atoms with van der Waals surface area (Å²) >= 11 is 0. The molecule has 1 aromatic carbocycles. The van der Waals surface area contributed by atoms with Crippen molar-refractivity contribution in [1.29, 1.82) is 0 Å². The Balaban J connectivity index is 0.00000144. The van der Waals surface area contributed by atoms with Crippen molar-refractivity contribution in [2.45, 2.75) is 19.4 Å². The Bertz CT molecular complexity index is 356. The van der Waals surface area contributed by atoms with Crippen molar-refractivity contribution >= 4 is 23.8 Å². The Hall–Kier alpha value is -0.930. The van der Waals surface area contributed by atoms with Crippen LogP contribution in [0.5, 0.6) is 0 Å². The summed E-state index contributed by atoms with van der Waals surface area (Å²) < 4.78 is 0. The number of para-hydroxylation sites is 2. The molecule has 1 atom stereocenters. The molecule has 0 spiro atoms. The molecule has 17 heavy (non-hydrogen) atoms. The molecule has 0 amide bonds. The Morgan fingerprint density at radius 1 is 1.29 bits per heavy atom. The fraction of sp³-hybridized carbons (Fsp3) is 0.538. The molecule has 0 radical (unpaired) electrons. The van der Waals surface area contributed by atoms with Gasteiger partial charge in [-0.1, -0.05) is 12.1 Å². The van der Waals surface area contributed by atoms with Gasteiger partial charge in [-0.2, -0.15) is 0 Å². The fourth-order valence-electron chi connectivity index (χ4n) is 2.40. The van der Waals surface area contributed by atoms with E-state index in [2.05, 4.69) is 48.0 Å². The van der Waals surface area contributed by atoms with Gasteiger partial charge < -0.3 is 15.5 Å². The van der Waals surface area contributed by atoms with Crippen molar-refractivity contribution in [2.24, 2.45) is 5.73 Å². The van der Waals surface area contributed by atoms with E-state index in [0.29, 0.717) is 12.6 Å². The zero-order valence-electron chi connectivity index (χ0n) is 10.6. The fourth-order valence-corrected chi connectivity index (χ4v) is 2.40. The van der Waals surface area contributed by atoms with Crippen LogP contribution in [0.3, 0.4) is 0 Å². The van der Waals surface area contributed by atoms with Crippen LogP contribution >= 0.6 is 12.4 Å². The van der Waals surface area contributed by atoms with E-state index in [-0.39, 0.29) is 12.4 Å². The number of nitrogens with zero attached hydrogens (tertiary/aromatic N) is 2. The van der Waals surface area contributed by atoms with Gasteiger partial charge in [0.15, 0.2) is 0 Å². The van der Waals surface area contributed by atoms with Crippen LogP contribution in [0, 0.1) is 0 Å². The zero-order chi connectivity index (χ0) is 11.5. The molecule has 3 nitrogen and oxygen atoms in total. The number of benzene rings is 1. The molecule has 2 rings (SSSR count). The first-order valence-corrected chi connectivity index (χ1v) is 6.01. The molecule has 1 heterocycles. The van der Waals surface area contributed by atoms with Crippen molar-refractivity contribution in [3.8, 4) is 0 Å². The molecule has 96 valence electrons. The van der Waals surface area contributed by atoms with E-state index < -0.39 is 0 Å². The number of nitrogens with two attached hydrogens (primary N) is 1. The van der Waals surface area contributed by atoms with Gasteiger partial charge in [0.2, 0.25) is 0 Å². The van der Waals surface area contributed by atoms with Crippen molar-refractivity contribution in [2.75, 3.05) is 36.5 Å². The van der Waals surface area contributed by atoms with E-state index in [4.69, 9.17) is 5.73 Å². The standard InChI is InChI=1S/C13H21N3.ClH/c1-11-7-9-15(2)12-5-3-4-6-13(12)16(11)10-8-14;/h3-6,11H,7-10,14H2,1-2H3;1H. The molecular formula is C13H22ClN3. The van der Waals surface area contributed by atoms with Crippen LogP contribution in [0.15, 0.2) is 24.3 Å². The average molecular weight is 256 g/mol. The van der Waals surface area contributed by atoms with E-state index in [1.54, 1.807) is 0 Å². The summed E-state index contributed by atoms with van der Waals surface area (Å²) in [6, 6.07) is 9.16. The maximum Gasteiger partial charge on any atom is 0.0606 e. The second-order valence-corrected chi connectivity index (χ2v) is 4.53. The summed E-state index contributed by atoms with van der Waals surface area (Å²) in [5.74, 6) is 0. The molecule has 2 N–H and O–H groups in total. The number of halogens is 1. The normalized spacial score (nSPS) is 19.4. The number of hydrogen-bond acceptors (Lipinski definition) is 3. The second-order valence-electron chi connectivity index (χ2n) is 4.53. The molecule has 0 aliphatic carbocycles. The van der Waals surface area contributed by atoms with Crippen LogP contribution in [0.2, 0.25) is 0 Å². The third-order valence-electron chi connectivity index (χ3n) is 3.39. The van der Waals surface area contributed by atoms with E-state index in [1.807, 2.05) is 0 Å². The molecule has 0 aromatic heterocycles. The molecule has 1 aliphatic heterocycles. The maximum atomic E-state index is 5.71. The summed E-state index contributed by atoms with van der Waals surface area (Å²) in [6.45, 7) is 5.04. The molecule has 1 aromatic rings. The summed E-state index contributed by atoms with van der Waals surface area (Å²) in [6.07, 6.45) is 1.19. The molecular weight excluding hydrogens is 234 g/mol. The first-order valence-electron chi connectivity index (χ1n) is 6.01. The lowest BCUT2D eigenvalue weighted by molar-refractivity contribution is 0.605. The zero-order valence-corrected chi connectivity index (χ0v) is 11.4. The monoisotopic (exact) mass is 255 g/mol. The van der Waals surface area contributed by atoms with E-state index in [0.717, 1.165) is 13.1 Å². The van der Waals surface area contributed by atoms with Gasteiger partial charge in [-0.3, -0.25) is 0 Å². The van der Waals surface area contributed by atoms with Crippen molar-refractivity contribution in [1.82, 2.24) is 0 Å². The number of anilines is 2. The van der Waals surface area contributed by atoms with Crippen LogP contribution < -0.4 is 15.5 Å². The van der Waals surface area contributed by atoms with Crippen LogP contribution in [0.4, 0.5) is 11.4 Å². The van der Waals surface area contributed by atoms with Crippen LogP contribution in [-0.4, -0.2) is 32.7 Å². The van der Waals surface area contributed by atoms with Crippen LogP contribution in [-0.2, 0) is 0 Å². The third-order valence-corrected chi connectivity index (χ3v) is 3.39. The minimum atomic E-state index is 0. The van der Waals surface area contributed by atoms with E-state index >= 15 is 0 Å². The Morgan fingerprint density at radius 2 is 1.94 bits per heavy atom. The second kappa shape index (κ2) is 6.12. The Kier molecular flexibility index (Phi) is 5.09. The van der Waals surface area contributed by atoms with Gasteiger partial charge in [0.05, 0.1) is 11.4 Å². The van der Waals surface area contributed by atoms with Gasteiger partial charge in [-0.05, 0) is 25.5 Å². The number of fused-ring (bicyclic) bond motifs is 1. The van der Waals surface area contributed by atoms with Gasteiger partial charge >= 0.3 is 0 Å². The number of rotatable bonds is 2. The number of hydrogen-bond donors (Lipinski definition) is 1. The predicted molar refractivity (Wildman–Crippen MR) is 77.4 cm³/mol. The van der Waals surface area contributed by atoms with Crippen LogP contribution in [0.25, 0.3) is 0 Å². The lowest BCUT2D eigenvalue weighted by atomic mass is 10.2. The van der Waals surface area contributed by atoms with E-state index in [1.165, 1.54) is 17.8 Å². The molecule has 1 unspecified atom stereocenters. The van der Waals surface area contributed by atoms with Gasteiger partial charge in [0, 0.05) is 32.7 Å². The van der Waals surface area contributed by atoms with Gasteiger partial charge in [-0.25, -0.2) is 0 Å². The Morgan fingerprint density at radius 3 is 2.59 bits per heavy atom. The minimum Gasteiger partial charge on any atom is -0.373 e. The van der Waals surface area contributed by atoms with Gasteiger partial charge in [-0.15, -0.1) is 12.4 Å². The molecule has 0 saturated carbocycles. The minimum absolute atomic E-state index is 0. The SMILES string of the molecule is CC1CCN(C)c2ccccc2N1CCN.Cl. The molecule has 4 heteroatoms. The predicted octanol–water partition coefficient (Wildman–Crippen LogP) is 2.10. The lowest BCUT2D eigenvalue weighted by Gasteiger charge is -2.30. The van der Waals surface area contributed by atoms with Gasteiger partial charge in [0.25, 0.3) is 0 Å².